The fraction of sp³-hybridized carbons (Fsp3) is 0.105. The van der Waals surface area contributed by atoms with Crippen molar-refractivity contribution in [2.24, 2.45) is 0 Å². The number of nitrogens with one attached hydrogen (secondary N) is 1. The topological polar surface area (TPSA) is 73.3 Å². The molecule has 0 fully saturated rings. The third kappa shape index (κ3) is 3.77. The molecule has 0 spiro atoms. The number of amides is 1. The standard InChI is InChI=1S/C19H15N3O3S3/c1-24-14-6-5-11(8-15(14)25-2)18-20-13(10-27-18)17(23)22-19-21-12(9-28-19)16-4-3-7-26-16/h3-10H,1-2H3,(H,21,22,23). The highest BCUT2D eigenvalue weighted by Gasteiger charge is 2.15. The highest BCUT2D eigenvalue weighted by atomic mass is 32.1. The third-order valence-corrected chi connectivity index (χ3v) is 6.41. The first-order valence-electron chi connectivity index (χ1n) is 8.16. The Bertz CT molecular complexity index is 1100. The molecular weight excluding hydrogens is 414 g/mol. The Kier molecular flexibility index (Phi) is 5.38. The Morgan fingerprint density at radius 2 is 1.86 bits per heavy atom. The lowest BCUT2D eigenvalue weighted by Crippen LogP contribution is -2.12. The summed E-state index contributed by atoms with van der Waals surface area (Å²) in [5.41, 5.74) is 2.07. The normalized spacial score (nSPS) is 10.6. The summed E-state index contributed by atoms with van der Waals surface area (Å²) in [4.78, 5) is 22.5. The van der Waals surface area contributed by atoms with Crippen LogP contribution in [-0.4, -0.2) is 30.1 Å². The van der Waals surface area contributed by atoms with Crippen LogP contribution in [0.2, 0.25) is 0 Å². The van der Waals surface area contributed by atoms with Gasteiger partial charge in [-0.1, -0.05) is 6.07 Å². The van der Waals surface area contributed by atoms with Crippen molar-refractivity contribution in [2.45, 2.75) is 0 Å². The number of benzene rings is 1. The Balaban J connectivity index is 1.50. The summed E-state index contributed by atoms with van der Waals surface area (Å²) in [6.07, 6.45) is 0. The largest absolute Gasteiger partial charge is 0.493 e. The monoisotopic (exact) mass is 429 g/mol. The minimum absolute atomic E-state index is 0.282. The Hall–Kier alpha value is -2.75. The summed E-state index contributed by atoms with van der Waals surface area (Å²) in [5.74, 6) is 0.978. The second-order valence-electron chi connectivity index (χ2n) is 5.58. The number of thiophene rings is 1. The second-order valence-corrected chi connectivity index (χ2v) is 8.24. The molecule has 1 aromatic carbocycles. The molecule has 4 rings (SSSR count). The van der Waals surface area contributed by atoms with Crippen LogP contribution >= 0.6 is 34.0 Å². The van der Waals surface area contributed by atoms with Crippen molar-refractivity contribution in [3.8, 4) is 32.6 Å². The SMILES string of the molecule is COc1ccc(-c2nc(C(=O)Nc3nc(-c4cccs4)cs3)cs2)cc1OC. The summed E-state index contributed by atoms with van der Waals surface area (Å²) in [6, 6.07) is 9.52. The molecule has 0 unspecified atom stereocenters. The van der Waals surface area contributed by atoms with Gasteiger partial charge in [0, 0.05) is 16.3 Å². The van der Waals surface area contributed by atoms with Crippen LogP contribution in [0.15, 0.2) is 46.5 Å². The van der Waals surface area contributed by atoms with Gasteiger partial charge in [-0.2, -0.15) is 0 Å². The number of ether oxygens (including phenoxy) is 2. The Morgan fingerprint density at radius 1 is 1.00 bits per heavy atom. The molecule has 142 valence electrons. The van der Waals surface area contributed by atoms with Crippen molar-refractivity contribution in [1.82, 2.24) is 9.97 Å². The smallest absolute Gasteiger partial charge is 0.276 e. The van der Waals surface area contributed by atoms with Gasteiger partial charge in [0.05, 0.1) is 24.8 Å². The highest BCUT2D eigenvalue weighted by molar-refractivity contribution is 7.16. The summed E-state index contributed by atoms with van der Waals surface area (Å²) >= 11 is 4.40. The maximum atomic E-state index is 12.5. The molecule has 0 aliphatic rings. The van der Waals surface area contributed by atoms with E-state index in [1.54, 1.807) is 30.9 Å². The summed E-state index contributed by atoms with van der Waals surface area (Å²) in [6.45, 7) is 0. The molecule has 3 aromatic heterocycles. The minimum Gasteiger partial charge on any atom is -0.493 e. The van der Waals surface area contributed by atoms with Gasteiger partial charge in [0.2, 0.25) is 0 Å². The molecule has 6 nitrogen and oxygen atoms in total. The van der Waals surface area contributed by atoms with Crippen molar-refractivity contribution in [2.75, 3.05) is 19.5 Å². The zero-order valence-electron chi connectivity index (χ0n) is 15.0. The molecule has 0 atom stereocenters. The van der Waals surface area contributed by atoms with Crippen LogP contribution in [0.4, 0.5) is 5.13 Å². The van der Waals surface area contributed by atoms with E-state index in [-0.39, 0.29) is 5.91 Å². The third-order valence-electron chi connectivity index (χ3n) is 3.87. The predicted octanol–water partition coefficient (Wildman–Crippen LogP) is 5.26. The molecule has 0 bridgehead atoms. The van der Waals surface area contributed by atoms with E-state index in [0.717, 1.165) is 21.1 Å². The molecule has 1 N–H and O–H groups in total. The predicted molar refractivity (Wildman–Crippen MR) is 114 cm³/mol. The van der Waals surface area contributed by atoms with Crippen LogP contribution in [0.5, 0.6) is 11.5 Å². The first-order valence-corrected chi connectivity index (χ1v) is 10.8. The Morgan fingerprint density at radius 3 is 2.61 bits per heavy atom. The van der Waals surface area contributed by atoms with Crippen molar-refractivity contribution >= 4 is 45.0 Å². The molecule has 0 radical (unpaired) electrons. The van der Waals surface area contributed by atoms with Crippen molar-refractivity contribution in [1.29, 1.82) is 0 Å². The number of thiazole rings is 2. The lowest BCUT2D eigenvalue weighted by atomic mass is 10.2. The average Bonchev–Trinajstić information content (AvgIpc) is 3.48. The quantitative estimate of drug-likeness (QED) is 0.452. The number of methoxy groups -OCH3 is 2. The van der Waals surface area contributed by atoms with E-state index < -0.39 is 0 Å². The molecule has 4 aromatic rings. The number of carbonyl (C=O) groups excluding carboxylic acids is 1. The van der Waals surface area contributed by atoms with Gasteiger partial charge >= 0.3 is 0 Å². The zero-order chi connectivity index (χ0) is 19.5. The number of nitrogens with zero attached hydrogens (tertiary/aromatic N) is 2. The maximum Gasteiger partial charge on any atom is 0.276 e. The van der Waals surface area contributed by atoms with Crippen LogP contribution in [0.3, 0.4) is 0 Å². The first kappa shape index (κ1) is 18.6. The van der Waals surface area contributed by atoms with E-state index in [9.17, 15) is 4.79 Å². The number of anilines is 1. The summed E-state index contributed by atoms with van der Waals surface area (Å²) in [5, 5.41) is 9.75. The van der Waals surface area contributed by atoms with Crippen LogP contribution in [-0.2, 0) is 0 Å². The van der Waals surface area contributed by atoms with Crippen LogP contribution in [0.25, 0.3) is 21.1 Å². The zero-order valence-corrected chi connectivity index (χ0v) is 17.4. The number of carbonyl (C=O) groups is 1. The summed E-state index contributed by atoms with van der Waals surface area (Å²) < 4.78 is 10.6. The molecule has 0 saturated heterocycles. The maximum absolute atomic E-state index is 12.5. The van der Waals surface area contributed by atoms with Gasteiger partial charge in [-0.3, -0.25) is 10.1 Å². The first-order chi connectivity index (χ1) is 13.7. The van der Waals surface area contributed by atoms with E-state index >= 15 is 0 Å². The van der Waals surface area contributed by atoms with Crippen molar-refractivity contribution < 1.29 is 14.3 Å². The van der Waals surface area contributed by atoms with Crippen LogP contribution < -0.4 is 14.8 Å². The van der Waals surface area contributed by atoms with E-state index in [1.807, 2.05) is 41.1 Å². The van der Waals surface area contributed by atoms with Crippen molar-refractivity contribution in [3.63, 3.8) is 0 Å². The van der Waals surface area contributed by atoms with Gasteiger partial charge in [0.1, 0.15) is 10.7 Å². The number of aromatic nitrogens is 2. The lowest BCUT2D eigenvalue weighted by Gasteiger charge is -2.08. The molecule has 0 aliphatic heterocycles. The second kappa shape index (κ2) is 8.09. The molecule has 1 amide bonds. The van der Waals surface area contributed by atoms with E-state index in [4.69, 9.17) is 9.47 Å². The van der Waals surface area contributed by atoms with Gasteiger partial charge in [0.25, 0.3) is 5.91 Å². The van der Waals surface area contributed by atoms with Gasteiger partial charge in [0.15, 0.2) is 16.6 Å². The molecule has 9 heteroatoms. The fourth-order valence-corrected chi connectivity index (χ4v) is 4.77. The van der Waals surface area contributed by atoms with Crippen molar-refractivity contribution in [3.05, 3.63) is 52.2 Å². The van der Waals surface area contributed by atoms with Gasteiger partial charge in [-0.25, -0.2) is 9.97 Å². The van der Waals surface area contributed by atoms with E-state index in [1.165, 1.54) is 22.7 Å². The minimum atomic E-state index is -0.282. The number of hydrogen-bond donors (Lipinski definition) is 1. The number of hydrogen-bond acceptors (Lipinski definition) is 8. The van der Waals surface area contributed by atoms with Crippen LogP contribution in [0, 0.1) is 0 Å². The molecule has 0 saturated carbocycles. The lowest BCUT2D eigenvalue weighted by molar-refractivity contribution is 0.102. The van der Waals surface area contributed by atoms with E-state index in [2.05, 4.69) is 15.3 Å². The summed E-state index contributed by atoms with van der Waals surface area (Å²) in [7, 11) is 3.17. The fourth-order valence-electron chi connectivity index (χ4n) is 2.51. The number of rotatable bonds is 6. The molecule has 3 heterocycles. The van der Waals surface area contributed by atoms with Crippen LogP contribution in [0.1, 0.15) is 10.5 Å². The molecular formula is C19H15N3O3S3. The molecule has 28 heavy (non-hydrogen) atoms. The average molecular weight is 430 g/mol. The Labute approximate surface area is 173 Å². The van der Waals surface area contributed by atoms with E-state index in [0.29, 0.717) is 22.3 Å². The van der Waals surface area contributed by atoms with Gasteiger partial charge < -0.3 is 9.47 Å². The van der Waals surface area contributed by atoms with Gasteiger partial charge in [-0.15, -0.1) is 34.0 Å². The highest BCUT2D eigenvalue weighted by Crippen LogP contribution is 2.34. The molecule has 0 aliphatic carbocycles. The van der Waals surface area contributed by atoms with Gasteiger partial charge in [-0.05, 0) is 29.6 Å².